The zero-order valence-electron chi connectivity index (χ0n) is 23.3. The van der Waals surface area contributed by atoms with Gasteiger partial charge in [0.1, 0.15) is 5.75 Å². The lowest BCUT2D eigenvalue weighted by molar-refractivity contribution is 0.0981. The quantitative estimate of drug-likeness (QED) is 0.486. The number of benzene rings is 2. The lowest BCUT2D eigenvalue weighted by atomic mass is 9.67. The molecule has 2 N–H and O–H groups in total. The average Bonchev–Trinajstić information content (AvgIpc) is 3.06. The van der Waals surface area contributed by atoms with E-state index in [2.05, 4.69) is 34.1 Å². The van der Waals surface area contributed by atoms with Crippen molar-refractivity contribution in [2.45, 2.75) is 69.2 Å². The number of hydrogen-bond donors (Lipinski definition) is 2. The van der Waals surface area contributed by atoms with Gasteiger partial charge in [0.05, 0.1) is 18.0 Å². The molecule has 2 aromatic carbocycles. The van der Waals surface area contributed by atoms with E-state index in [1.165, 1.54) is 24.0 Å². The van der Waals surface area contributed by atoms with Crippen LogP contribution in [0.1, 0.15) is 72.9 Å². The fourth-order valence-corrected chi connectivity index (χ4v) is 8.83. The number of carbonyl (C=O) groups excluding carboxylic acids is 1. The molecule has 2 aromatic rings. The Bertz CT molecular complexity index is 1380. The number of hydrogen-bond acceptors (Lipinski definition) is 6. The first kappa shape index (κ1) is 27.9. The Morgan fingerprint density at radius 1 is 1.07 bits per heavy atom. The highest BCUT2D eigenvalue weighted by molar-refractivity contribution is 7.90. The Kier molecular flexibility index (Phi) is 7.79. The van der Waals surface area contributed by atoms with Crippen LogP contribution in [0.15, 0.2) is 36.4 Å². The van der Waals surface area contributed by atoms with Crippen LogP contribution in [0, 0.1) is 11.8 Å². The van der Waals surface area contributed by atoms with Crippen molar-refractivity contribution in [3.05, 3.63) is 58.1 Å². The van der Waals surface area contributed by atoms with Crippen molar-refractivity contribution in [3.63, 3.8) is 0 Å². The summed E-state index contributed by atoms with van der Waals surface area (Å²) in [5.41, 5.74) is 3.64. The summed E-state index contributed by atoms with van der Waals surface area (Å²) in [5, 5.41) is 4.34. The number of nitrogens with one attached hydrogen (secondary N) is 2. The number of anilines is 1. The fraction of sp³-hybridized carbons (Fsp3) is 0.581. The van der Waals surface area contributed by atoms with Gasteiger partial charge in [0.15, 0.2) is 0 Å². The first-order chi connectivity index (χ1) is 19.3. The minimum Gasteiger partial charge on any atom is -0.490 e. The molecule has 2 aliphatic carbocycles. The van der Waals surface area contributed by atoms with Crippen LogP contribution in [0.4, 0.5) is 5.69 Å². The van der Waals surface area contributed by atoms with Crippen molar-refractivity contribution in [2.75, 3.05) is 37.4 Å². The van der Waals surface area contributed by atoms with E-state index in [0.717, 1.165) is 68.1 Å². The molecule has 2 bridgehead atoms. The number of amides is 1. The standard InChI is InChI=1S/C31H40ClN3O4S/c1-33-27-7-3-2-4-15-40(37,38)34-30(36)22-9-13-29-28(17-22)35(18-23-8-11-25(23)27)19-31(20-39-29)14-5-6-21-16-24(32)10-12-26(21)31/h9-10,12-13,16-17,23,25,27,33H,2-8,11,14-15,18-20H2,1H3,(H,34,36)/t23-,25+,27-,31-/m0/s1. The van der Waals surface area contributed by atoms with Crippen molar-refractivity contribution in [3.8, 4) is 5.75 Å². The summed E-state index contributed by atoms with van der Waals surface area (Å²) in [6.45, 7) is 2.22. The van der Waals surface area contributed by atoms with Crippen LogP contribution in [0.5, 0.6) is 5.75 Å². The second-order valence-corrected chi connectivity index (χ2v) is 14.6. The van der Waals surface area contributed by atoms with Crippen LogP contribution < -0.4 is 19.7 Å². The van der Waals surface area contributed by atoms with Crippen molar-refractivity contribution >= 4 is 33.2 Å². The Labute approximate surface area is 243 Å². The molecule has 2 aliphatic heterocycles. The van der Waals surface area contributed by atoms with Crippen LogP contribution in [-0.4, -0.2) is 52.9 Å². The van der Waals surface area contributed by atoms with Crippen LogP contribution in [0.25, 0.3) is 0 Å². The van der Waals surface area contributed by atoms with Gasteiger partial charge in [-0.15, -0.1) is 0 Å². The molecule has 2 heterocycles. The molecule has 6 rings (SSSR count). The molecular weight excluding hydrogens is 546 g/mol. The maximum atomic E-state index is 13.1. The molecule has 4 aliphatic rings. The molecule has 1 fully saturated rings. The number of sulfonamides is 1. The molecule has 1 saturated carbocycles. The van der Waals surface area contributed by atoms with E-state index in [4.69, 9.17) is 16.3 Å². The summed E-state index contributed by atoms with van der Waals surface area (Å²) in [6, 6.07) is 12.0. The molecule has 1 spiro atoms. The third-order valence-corrected chi connectivity index (χ3v) is 11.4. The molecule has 40 heavy (non-hydrogen) atoms. The van der Waals surface area contributed by atoms with E-state index < -0.39 is 15.9 Å². The average molecular weight is 586 g/mol. The minimum absolute atomic E-state index is 0.0405. The third kappa shape index (κ3) is 5.47. The number of ether oxygens (including phenoxy) is 1. The summed E-state index contributed by atoms with van der Waals surface area (Å²) in [7, 11) is -1.65. The van der Waals surface area contributed by atoms with E-state index in [1.807, 2.05) is 18.2 Å². The summed E-state index contributed by atoms with van der Waals surface area (Å²) >= 11 is 6.40. The number of nitrogens with zero attached hydrogens (tertiary/aromatic N) is 1. The van der Waals surface area contributed by atoms with Gasteiger partial charge in [-0.2, -0.15) is 0 Å². The van der Waals surface area contributed by atoms with Crippen molar-refractivity contribution < 1.29 is 17.9 Å². The highest BCUT2D eigenvalue weighted by Crippen LogP contribution is 2.47. The second kappa shape index (κ2) is 11.2. The van der Waals surface area contributed by atoms with Gasteiger partial charge in [-0.25, -0.2) is 13.1 Å². The molecule has 0 aromatic heterocycles. The Hall–Kier alpha value is -2.29. The van der Waals surface area contributed by atoms with Gasteiger partial charge in [0.2, 0.25) is 10.0 Å². The van der Waals surface area contributed by atoms with E-state index in [0.29, 0.717) is 36.5 Å². The molecular formula is C31H40ClN3O4S. The molecule has 216 valence electrons. The molecule has 0 saturated heterocycles. The van der Waals surface area contributed by atoms with Crippen molar-refractivity contribution in [1.82, 2.24) is 10.0 Å². The maximum absolute atomic E-state index is 13.1. The minimum atomic E-state index is -3.71. The van der Waals surface area contributed by atoms with E-state index in [9.17, 15) is 13.2 Å². The monoisotopic (exact) mass is 585 g/mol. The molecule has 4 atom stereocenters. The highest BCUT2D eigenvalue weighted by Gasteiger charge is 2.44. The number of rotatable bonds is 1. The number of aryl methyl sites for hydroxylation is 1. The summed E-state index contributed by atoms with van der Waals surface area (Å²) in [5.74, 6) is 1.25. The Morgan fingerprint density at radius 3 is 2.75 bits per heavy atom. The first-order valence-corrected chi connectivity index (χ1v) is 16.8. The lowest BCUT2D eigenvalue weighted by Gasteiger charge is -2.46. The SMILES string of the molecule is CN[C@H]1CCCCCS(=O)(=O)NC(=O)c2ccc3c(c2)N(C[C@@H]2CC[C@H]21)C[C@@]1(CCCc2cc(Cl)ccc21)CO3. The van der Waals surface area contributed by atoms with Crippen LogP contribution in [0.3, 0.4) is 0 Å². The van der Waals surface area contributed by atoms with E-state index >= 15 is 0 Å². The molecule has 1 amide bonds. The summed E-state index contributed by atoms with van der Waals surface area (Å²) in [6.07, 6.45) is 8.88. The van der Waals surface area contributed by atoms with Gasteiger partial charge in [-0.05, 0) is 105 Å². The first-order valence-electron chi connectivity index (χ1n) is 14.8. The van der Waals surface area contributed by atoms with Gasteiger partial charge in [-0.1, -0.05) is 30.5 Å². The topological polar surface area (TPSA) is 87.7 Å². The predicted octanol–water partition coefficient (Wildman–Crippen LogP) is 5.06. The van der Waals surface area contributed by atoms with E-state index in [-0.39, 0.29) is 11.2 Å². The fourth-order valence-electron chi connectivity index (χ4n) is 7.55. The lowest BCUT2D eigenvalue weighted by Crippen LogP contribution is -2.51. The number of halogens is 1. The zero-order valence-corrected chi connectivity index (χ0v) is 24.8. The Balaban J connectivity index is 1.41. The van der Waals surface area contributed by atoms with Gasteiger partial charge >= 0.3 is 0 Å². The largest absolute Gasteiger partial charge is 0.490 e. The van der Waals surface area contributed by atoms with Crippen LogP contribution >= 0.6 is 11.6 Å². The van der Waals surface area contributed by atoms with E-state index in [1.54, 1.807) is 6.07 Å². The summed E-state index contributed by atoms with van der Waals surface area (Å²) < 4.78 is 34.3. The summed E-state index contributed by atoms with van der Waals surface area (Å²) in [4.78, 5) is 15.6. The van der Waals surface area contributed by atoms with Gasteiger partial charge < -0.3 is 15.0 Å². The second-order valence-electron chi connectivity index (χ2n) is 12.3. The smallest absolute Gasteiger partial charge is 0.264 e. The predicted molar refractivity (Wildman–Crippen MR) is 159 cm³/mol. The van der Waals surface area contributed by atoms with Crippen molar-refractivity contribution in [1.29, 1.82) is 0 Å². The number of carbonyl (C=O) groups is 1. The molecule has 0 radical (unpaired) electrons. The van der Waals surface area contributed by atoms with Crippen molar-refractivity contribution in [2.24, 2.45) is 11.8 Å². The van der Waals surface area contributed by atoms with Gasteiger partial charge in [-0.3, -0.25) is 4.79 Å². The maximum Gasteiger partial charge on any atom is 0.264 e. The number of fused-ring (bicyclic) bond motifs is 4. The van der Waals surface area contributed by atoms with Crippen LogP contribution in [0.2, 0.25) is 5.02 Å². The van der Waals surface area contributed by atoms with Gasteiger partial charge in [0, 0.05) is 35.1 Å². The Morgan fingerprint density at radius 2 is 1.95 bits per heavy atom. The molecule has 9 heteroatoms. The normalized spacial score (nSPS) is 30.2. The molecule has 7 nitrogen and oxygen atoms in total. The molecule has 0 unspecified atom stereocenters. The highest BCUT2D eigenvalue weighted by atomic mass is 35.5. The van der Waals surface area contributed by atoms with Crippen LogP contribution in [-0.2, 0) is 21.9 Å². The third-order valence-electron chi connectivity index (χ3n) is 9.79. The van der Waals surface area contributed by atoms with Gasteiger partial charge in [0.25, 0.3) is 5.91 Å². The zero-order chi connectivity index (χ0) is 27.9.